The summed E-state index contributed by atoms with van der Waals surface area (Å²) in [7, 11) is 0. The van der Waals surface area contributed by atoms with Crippen LogP contribution in [0, 0.1) is 0 Å². The first-order valence-electron chi connectivity index (χ1n) is 0. The molecule has 0 aromatic rings. The molecule has 0 aliphatic carbocycles. The van der Waals surface area contributed by atoms with Crippen LogP contribution in [0.5, 0.6) is 0 Å². The van der Waals surface area contributed by atoms with Gasteiger partial charge in [-0.25, -0.2) is 0 Å². The topological polar surface area (TPSA) is 30.5 Å². The Hall–Kier alpha value is 1.75. The fourth-order valence-corrected chi connectivity index (χ4v) is 0. The minimum atomic E-state index is 0. The molecule has 0 aromatic carbocycles. The Balaban J connectivity index is 0. The Morgan fingerprint density at radius 3 is 1.00 bits per heavy atom. The molecule has 0 saturated heterocycles. The van der Waals surface area contributed by atoms with Crippen LogP contribution in [0.4, 0.5) is 0 Å². The van der Waals surface area contributed by atoms with Crippen LogP contribution in [0.2, 0.25) is 0 Å². The van der Waals surface area contributed by atoms with Crippen molar-refractivity contribution in [3.05, 3.63) is 6.15 Å². The molecule has 0 saturated carbocycles. The molecule has 16 valence electrons. The van der Waals surface area contributed by atoms with E-state index in [0.717, 1.165) is 0 Å². The average molecular weight is 179 g/mol. The van der Waals surface area contributed by atoms with Gasteiger partial charge >= 0.3 is 19.8 Å². The minimum absolute atomic E-state index is 0. The van der Waals surface area contributed by atoms with Crippen molar-refractivity contribution < 1.29 is 19.5 Å². The zero-order valence-electron chi connectivity index (χ0n) is 1.73. The summed E-state index contributed by atoms with van der Waals surface area (Å²) in [6.45, 7) is 0. The van der Waals surface area contributed by atoms with E-state index in [1.165, 1.54) is 0 Å². The van der Waals surface area contributed by atoms with Crippen molar-refractivity contribution in [1.82, 2.24) is 0 Å². The van der Waals surface area contributed by atoms with Gasteiger partial charge in [-0.1, -0.05) is 0 Å². The summed E-state index contributed by atoms with van der Waals surface area (Å²) in [5.74, 6) is 0. The number of nitrogens with zero attached hydrogens (tertiary/aromatic N) is 1. The summed E-state index contributed by atoms with van der Waals surface area (Å²) in [5, 5.41) is 0. The second-order valence-corrected chi connectivity index (χ2v) is 0. The summed E-state index contributed by atoms with van der Waals surface area (Å²) >= 11 is 0. The van der Waals surface area contributed by atoms with Gasteiger partial charge in [-0.2, -0.15) is 0 Å². The molecular formula is H3AlGaNZn. The van der Waals surface area contributed by atoms with Crippen molar-refractivity contribution in [3.63, 3.8) is 0 Å². The van der Waals surface area contributed by atoms with E-state index >= 15 is 0 Å². The number of hydrogen-bond acceptors (Lipinski definition) is 0. The van der Waals surface area contributed by atoms with E-state index in [4.69, 9.17) is 0 Å². The SMILES string of the molecule is [AlH3].[Ga+3].[N-3].[Zn]. The second-order valence-electron chi connectivity index (χ2n) is 0. The van der Waals surface area contributed by atoms with Gasteiger partial charge in [-0.05, 0) is 0 Å². The van der Waals surface area contributed by atoms with Gasteiger partial charge in [-0.3, -0.25) is 0 Å². The Bertz CT molecular complexity index is 8.00. The maximum absolute atomic E-state index is 0. The van der Waals surface area contributed by atoms with Gasteiger partial charge in [0.05, 0.1) is 0 Å². The van der Waals surface area contributed by atoms with Crippen LogP contribution in [-0.2, 0) is 19.5 Å². The molecule has 0 radical (unpaired) electrons. The molecular weight excluding hydrogens is 176 g/mol. The van der Waals surface area contributed by atoms with Crippen molar-refractivity contribution >= 4 is 37.2 Å². The molecule has 4 heavy (non-hydrogen) atoms. The quantitative estimate of drug-likeness (QED) is 0.415. The summed E-state index contributed by atoms with van der Waals surface area (Å²) in [4.78, 5) is 0. The monoisotopic (exact) mass is 177 g/mol. The Morgan fingerprint density at radius 1 is 1.00 bits per heavy atom. The predicted octanol–water partition coefficient (Wildman–Crippen LogP) is -1.28. The van der Waals surface area contributed by atoms with E-state index in [9.17, 15) is 0 Å². The Kier molecular flexibility index (Phi) is 231. The number of rotatable bonds is 0. The maximum atomic E-state index is 0. The molecule has 0 atom stereocenters. The first kappa shape index (κ1) is 42.3. The zero-order chi connectivity index (χ0) is 0. The van der Waals surface area contributed by atoms with E-state index < -0.39 is 0 Å². The van der Waals surface area contributed by atoms with Gasteiger partial charge in [0.25, 0.3) is 0 Å². The smallest absolute Gasteiger partial charge is 3.00 e. The zero-order valence-corrected chi connectivity index (χ0v) is 7.12. The molecule has 0 aliphatic rings. The third kappa shape index (κ3) is 9.26. The Labute approximate surface area is 62.4 Å². The molecule has 0 unspecified atom stereocenters. The van der Waals surface area contributed by atoms with Crippen molar-refractivity contribution in [2.45, 2.75) is 0 Å². The van der Waals surface area contributed by atoms with E-state index in [-0.39, 0.29) is 62.8 Å². The molecule has 0 aromatic heterocycles. The van der Waals surface area contributed by atoms with Gasteiger partial charge in [0.1, 0.15) is 0 Å². The first-order valence-corrected chi connectivity index (χ1v) is 0. The molecule has 0 heterocycles. The van der Waals surface area contributed by atoms with Crippen LogP contribution in [0.3, 0.4) is 0 Å². The van der Waals surface area contributed by atoms with Gasteiger partial charge in [-0.15, -0.1) is 0 Å². The van der Waals surface area contributed by atoms with Crippen LogP contribution in [0.25, 0.3) is 6.15 Å². The summed E-state index contributed by atoms with van der Waals surface area (Å²) in [6, 6.07) is 0. The second kappa shape index (κ2) is 21.8. The third-order valence-electron chi connectivity index (χ3n) is 0. The van der Waals surface area contributed by atoms with Crippen LogP contribution < -0.4 is 0 Å². The molecule has 0 rings (SSSR count). The molecule has 0 fully saturated rings. The van der Waals surface area contributed by atoms with Crippen LogP contribution in [-0.4, -0.2) is 37.2 Å². The van der Waals surface area contributed by atoms with E-state index in [1.54, 1.807) is 0 Å². The van der Waals surface area contributed by atoms with Crippen molar-refractivity contribution in [3.8, 4) is 0 Å². The first-order chi connectivity index (χ1) is 0. The van der Waals surface area contributed by atoms with E-state index in [0.29, 0.717) is 0 Å². The average Bonchev–Trinajstić information content (AvgIpc) is 0. The third-order valence-corrected chi connectivity index (χ3v) is 0. The maximum Gasteiger partial charge on any atom is 3.00 e. The Morgan fingerprint density at radius 2 is 1.00 bits per heavy atom. The number of hydrogen-bond donors (Lipinski definition) is 0. The minimum Gasteiger partial charge on any atom is -3.00 e. The summed E-state index contributed by atoms with van der Waals surface area (Å²) < 4.78 is 0. The van der Waals surface area contributed by atoms with Gasteiger partial charge < -0.3 is 6.15 Å². The van der Waals surface area contributed by atoms with Gasteiger partial charge in [0, 0.05) is 19.5 Å². The molecule has 0 bridgehead atoms. The molecule has 0 N–H and O–H groups in total. The predicted molar refractivity (Wildman–Crippen MR) is 19.1 cm³/mol. The molecule has 0 amide bonds. The molecule has 4 heteroatoms. The van der Waals surface area contributed by atoms with Crippen LogP contribution in [0.1, 0.15) is 0 Å². The summed E-state index contributed by atoms with van der Waals surface area (Å²) in [6.07, 6.45) is 0. The van der Waals surface area contributed by atoms with Crippen molar-refractivity contribution in [2.75, 3.05) is 0 Å². The van der Waals surface area contributed by atoms with Gasteiger partial charge in [0.2, 0.25) is 0 Å². The summed E-state index contributed by atoms with van der Waals surface area (Å²) in [5.41, 5.74) is 0. The fraction of sp³-hybridized carbons (Fsp3) is 0. The fourth-order valence-electron chi connectivity index (χ4n) is 0. The molecule has 0 spiro atoms. The van der Waals surface area contributed by atoms with E-state index in [2.05, 4.69) is 0 Å². The van der Waals surface area contributed by atoms with Crippen LogP contribution >= 0.6 is 0 Å². The normalized spacial score (nSPS) is 0. The van der Waals surface area contributed by atoms with E-state index in [1.807, 2.05) is 0 Å². The standard InChI is InChI=1S/Al.Ga.N.Zn.3H/q;+3;-3;;;;. The largest absolute Gasteiger partial charge is 3.00 e. The molecule has 1 nitrogen and oxygen atoms in total. The molecule has 0 aliphatic heterocycles. The van der Waals surface area contributed by atoms with Crippen molar-refractivity contribution in [2.24, 2.45) is 0 Å². The van der Waals surface area contributed by atoms with Gasteiger partial charge in [0.15, 0.2) is 17.4 Å². The van der Waals surface area contributed by atoms with Crippen molar-refractivity contribution in [1.29, 1.82) is 0 Å². The van der Waals surface area contributed by atoms with Crippen LogP contribution in [0.15, 0.2) is 0 Å².